The standard InChI is InChI=1S/C12H8BrClN2O3/c13-9-3-10(16(17)18)5-11(4-9)19-12-2-1-8(6-14)7-15-12/h1-5,7H,6H2. The fourth-order valence-corrected chi connectivity index (χ4v) is 2.00. The highest BCUT2D eigenvalue weighted by Gasteiger charge is 2.10. The lowest BCUT2D eigenvalue weighted by molar-refractivity contribution is -0.385. The Bertz CT molecular complexity index is 604. The van der Waals surface area contributed by atoms with Crippen molar-refractivity contribution in [3.63, 3.8) is 0 Å². The summed E-state index contributed by atoms with van der Waals surface area (Å²) in [5.74, 6) is 1.06. The summed E-state index contributed by atoms with van der Waals surface area (Å²) in [5, 5.41) is 10.7. The van der Waals surface area contributed by atoms with E-state index >= 15 is 0 Å². The molecule has 0 radical (unpaired) electrons. The maximum absolute atomic E-state index is 10.7. The summed E-state index contributed by atoms with van der Waals surface area (Å²) < 4.78 is 6.02. The first kappa shape index (κ1) is 13.8. The number of nitro benzene ring substituents is 1. The van der Waals surface area contributed by atoms with Crippen LogP contribution in [-0.4, -0.2) is 9.91 Å². The summed E-state index contributed by atoms with van der Waals surface area (Å²) in [6.07, 6.45) is 1.59. The van der Waals surface area contributed by atoms with E-state index in [1.54, 1.807) is 24.4 Å². The van der Waals surface area contributed by atoms with Crippen molar-refractivity contribution in [2.45, 2.75) is 5.88 Å². The molecule has 0 saturated heterocycles. The number of nitro groups is 1. The SMILES string of the molecule is O=[N+]([O-])c1cc(Br)cc(Oc2ccc(CCl)cn2)c1. The molecule has 98 valence electrons. The summed E-state index contributed by atoms with van der Waals surface area (Å²) in [6, 6.07) is 7.80. The average molecular weight is 344 g/mol. The quantitative estimate of drug-likeness (QED) is 0.472. The van der Waals surface area contributed by atoms with Crippen LogP contribution >= 0.6 is 27.5 Å². The molecule has 0 atom stereocenters. The van der Waals surface area contributed by atoms with Crippen molar-refractivity contribution in [1.29, 1.82) is 0 Å². The molecular weight excluding hydrogens is 336 g/mol. The molecule has 0 N–H and O–H groups in total. The first-order valence-electron chi connectivity index (χ1n) is 5.22. The number of nitrogens with zero attached hydrogens (tertiary/aromatic N) is 2. The van der Waals surface area contributed by atoms with E-state index in [0.717, 1.165) is 5.56 Å². The molecule has 0 aliphatic rings. The van der Waals surface area contributed by atoms with Gasteiger partial charge in [-0.05, 0) is 11.6 Å². The van der Waals surface area contributed by atoms with Gasteiger partial charge in [0.25, 0.3) is 5.69 Å². The van der Waals surface area contributed by atoms with Crippen molar-refractivity contribution in [3.8, 4) is 11.6 Å². The van der Waals surface area contributed by atoms with Crippen LogP contribution in [0.15, 0.2) is 41.0 Å². The zero-order chi connectivity index (χ0) is 13.8. The third kappa shape index (κ3) is 3.65. The number of benzene rings is 1. The van der Waals surface area contributed by atoms with Gasteiger partial charge in [0.05, 0.1) is 11.0 Å². The minimum absolute atomic E-state index is 0.0539. The van der Waals surface area contributed by atoms with Crippen molar-refractivity contribution in [3.05, 3.63) is 56.7 Å². The molecule has 1 aromatic carbocycles. The minimum Gasteiger partial charge on any atom is -0.439 e. The lowest BCUT2D eigenvalue weighted by Crippen LogP contribution is -1.92. The van der Waals surface area contributed by atoms with Gasteiger partial charge in [0, 0.05) is 28.7 Å². The van der Waals surface area contributed by atoms with Crippen LogP contribution in [0.3, 0.4) is 0 Å². The zero-order valence-corrected chi connectivity index (χ0v) is 11.9. The summed E-state index contributed by atoms with van der Waals surface area (Å²) in [5.41, 5.74) is 0.816. The van der Waals surface area contributed by atoms with Crippen LogP contribution in [0.1, 0.15) is 5.56 Å². The van der Waals surface area contributed by atoms with Gasteiger partial charge in [-0.1, -0.05) is 22.0 Å². The molecule has 2 aromatic rings. The topological polar surface area (TPSA) is 65.3 Å². The molecule has 2 rings (SSSR count). The highest BCUT2D eigenvalue weighted by molar-refractivity contribution is 9.10. The Kier molecular flexibility index (Phi) is 4.34. The molecule has 0 amide bonds. The Morgan fingerprint density at radius 2 is 2.16 bits per heavy atom. The summed E-state index contributed by atoms with van der Waals surface area (Å²) in [4.78, 5) is 14.3. The van der Waals surface area contributed by atoms with Crippen LogP contribution in [0.5, 0.6) is 11.6 Å². The Morgan fingerprint density at radius 1 is 1.37 bits per heavy atom. The fraction of sp³-hybridized carbons (Fsp3) is 0.0833. The molecule has 1 aromatic heterocycles. The van der Waals surface area contributed by atoms with E-state index < -0.39 is 4.92 Å². The van der Waals surface area contributed by atoms with Gasteiger partial charge < -0.3 is 4.74 Å². The molecule has 19 heavy (non-hydrogen) atoms. The van der Waals surface area contributed by atoms with Gasteiger partial charge in [0.15, 0.2) is 0 Å². The number of non-ortho nitro benzene ring substituents is 1. The number of ether oxygens (including phenoxy) is 1. The van der Waals surface area contributed by atoms with E-state index in [2.05, 4.69) is 20.9 Å². The van der Waals surface area contributed by atoms with Crippen LogP contribution in [0, 0.1) is 10.1 Å². The molecule has 5 nitrogen and oxygen atoms in total. The maximum Gasteiger partial charge on any atom is 0.274 e. The Hall–Kier alpha value is -1.66. The van der Waals surface area contributed by atoms with Gasteiger partial charge in [-0.3, -0.25) is 10.1 Å². The van der Waals surface area contributed by atoms with Crippen molar-refractivity contribution >= 4 is 33.2 Å². The number of hydrogen-bond donors (Lipinski definition) is 0. The second-order valence-electron chi connectivity index (χ2n) is 3.64. The van der Waals surface area contributed by atoms with Crippen LogP contribution in [-0.2, 0) is 5.88 Å². The molecule has 7 heteroatoms. The normalized spacial score (nSPS) is 10.2. The van der Waals surface area contributed by atoms with E-state index in [4.69, 9.17) is 16.3 Å². The first-order chi connectivity index (χ1) is 9.08. The zero-order valence-electron chi connectivity index (χ0n) is 9.55. The lowest BCUT2D eigenvalue weighted by Gasteiger charge is -2.05. The van der Waals surface area contributed by atoms with Crippen LogP contribution in [0.2, 0.25) is 0 Å². The largest absolute Gasteiger partial charge is 0.439 e. The van der Waals surface area contributed by atoms with Gasteiger partial charge in [-0.2, -0.15) is 0 Å². The lowest BCUT2D eigenvalue weighted by atomic mass is 10.3. The van der Waals surface area contributed by atoms with Gasteiger partial charge in [0.2, 0.25) is 5.88 Å². The molecule has 0 spiro atoms. The Labute approximate surface area is 122 Å². The summed E-state index contributed by atoms with van der Waals surface area (Å²) in [7, 11) is 0. The molecule has 0 aliphatic heterocycles. The third-order valence-corrected chi connectivity index (χ3v) is 3.01. The highest BCUT2D eigenvalue weighted by Crippen LogP contribution is 2.29. The van der Waals surface area contributed by atoms with Crippen LogP contribution in [0.4, 0.5) is 5.69 Å². The van der Waals surface area contributed by atoms with Crippen LogP contribution in [0.25, 0.3) is 0 Å². The third-order valence-electron chi connectivity index (χ3n) is 2.24. The van der Waals surface area contributed by atoms with Gasteiger partial charge in [-0.25, -0.2) is 4.98 Å². The number of rotatable bonds is 4. The first-order valence-corrected chi connectivity index (χ1v) is 6.55. The molecule has 0 fully saturated rings. The van der Waals surface area contributed by atoms with Gasteiger partial charge >= 0.3 is 0 Å². The van der Waals surface area contributed by atoms with E-state index in [1.165, 1.54) is 12.1 Å². The van der Waals surface area contributed by atoms with E-state index in [-0.39, 0.29) is 5.69 Å². The van der Waals surface area contributed by atoms with E-state index in [1.807, 2.05) is 0 Å². The molecule has 1 heterocycles. The average Bonchev–Trinajstić information content (AvgIpc) is 2.39. The monoisotopic (exact) mass is 342 g/mol. The Balaban J connectivity index is 2.24. The maximum atomic E-state index is 10.7. The number of alkyl halides is 1. The minimum atomic E-state index is -0.484. The smallest absolute Gasteiger partial charge is 0.274 e. The van der Waals surface area contributed by atoms with Crippen molar-refractivity contribution in [1.82, 2.24) is 4.98 Å². The van der Waals surface area contributed by atoms with E-state index in [9.17, 15) is 10.1 Å². The van der Waals surface area contributed by atoms with Crippen LogP contribution < -0.4 is 4.74 Å². The summed E-state index contributed by atoms with van der Waals surface area (Å²) >= 11 is 8.85. The fourth-order valence-electron chi connectivity index (χ4n) is 1.38. The van der Waals surface area contributed by atoms with Gasteiger partial charge in [0.1, 0.15) is 5.75 Å². The molecule has 0 aliphatic carbocycles. The number of pyridine rings is 1. The predicted octanol–water partition coefficient (Wildman–Crippen LogP) is 4.28. The number of aromatic nitrogens is 1. The molecule has 0 unspecified atom stereocenters. The second-order valence-corrected chi connectivity index (χ2v) is 4.83. The van der Waals surface area contributed by atoms with Gasteiger partial charge in [-0.15, -0.1) is 11.6 Å². The number of halogens is 2. The molecular formula is C12H8BrClN2O3. The van der Waals surface area contributed by atoms with Crippen molar-refractivity contribution in [2.75, 3.05) is 0 Å². The summed E-state index contributed by atoms with van der Waals surface area (Å²) in [6.45, 7) is 0. The second kappa shape index (κ2) is 5.99. The number of hydrogen-bond acceptors (Lipinski definition) is 4. The molecule has 0 bridgehead atoms. The highest BCUT2D eigenvalue weighted by atomic mass is 79.9. The van der Waals surface area contributed by atoms with Crippen molar-refractivity contribution < 1.29 is 9.66 Å². The Morgan fingerprint density at radius 3 is 2.74 bits per heavy atom. The van der Waals surface area contributed by atoms with E-state index in [0.29, 0.717) is 22.0 Å². The van der Waals surface area contributed by atoms with Crippen molar-refractivity contribution in [2.24, 2.45) is 0 Å². The molecule has 0 saturated carbocycles. The predicted molar refractivity (Wildman–Crippen MR) is 74.7 cm³/mol.